The number of aryl methyl sites for hydroxylation is 2. The molecule has 1 aliphatic rings. The molecule has 5 nitrogen and oxygen atoms in total. The number of carbonyl (C=O) groups is 3. The highest BCUT2D eigenvalue weighted by Gasteiger charge is 2.37. The summed E-state index contributed by atoms with van der Waals surface area (Å²) in [6, 6.07) is 8.23. The van der Waals surface area contributed by atoms with Gasteiger partial charge in [-0.3, -0.25) is 14.9 Å². The second-order valence-corrected chi connectivity index (χ2v) is 6.16. The fourth-order valence-corrected chi connectivity index (χ4v) is 3.21. The Morgan fingerprint density at radius 3 is 2.43 bits per heavy atom. The van der Waals surface area contributed by atoms with Crippen molar-refractivity contribution in [2.75, 3.05) is 4.90 Å². The first-order chi connectivity index (χ1) is 11.0. The molecule has 1 N–H and O–H groups in total. The van der Waals surface area contributed by atoms with Gasteiger partial charge >= 0.3 is 6.03 Å². The van der Waals surface area contributed by atoms with Crippen LogP contribution in [0.25, 0.3) is 6.08 Å². The number of nitrogens with one attached hydrogen (secondary N) is 1. The van der Waals surface area contributed by atoms with Crippen LogP contribution in [-0.4, -0.2) is 17.8 Å². The minimum atomic E-state index is -0.727. The average molecular weight is 326 g/mol. The molecule has 0 spiro atoms. The zero-order valence-corrected chi connectivity index (χ0v) is 13.4. The Hall–Kier alpha value is -2.73. The summed E-state index contributed by atoms with van der Waals surface area (Å²) in [7, 11) is 0. The van der Waals surface area contributed by atoms with Crippen LogP contribution < -0.4 is 10.2 Å². The summed E-state index contributed by atoms with van der Waals surface area (Å²) in [5.74, 6) is -1.28. The molecule has 0 saturated carbocycles. The number of benzene rings is 1. The minimum absolute atomic E-state index is 0.0431. The van der Waals surface area contributed by atoms with Gasteiger partial charge in [0, 0.05) is 4.88 Å². The van der Waals surface area contributed by atoms with Gasteiger partial charge in [-0.1, -0.05) is 18.2 Å². The molecule has 2 heterocycles. The first-order valence-electron chi connectivity index (χ1n) is 7.00. The molecule has 3 rings (SSSR count). The Labute approximate surface area is 137 Å². The maximum atomic E-state index is 12.7. The lowest BCUT2D eigenvalue weighted by molar-refractivity contribution is -0.122. The van der Waals surface area contributed by atoms with E-state index in [1.165, 1.54) is 17.4 Å². The van der Waals surface area contributed by atoms with Gasteiger partial charge in [-0.25, -0.2) is 9.69 Å². The molecule has 116 valence electrons. The van der Waals surface area contributed by atoms with Gasteiger partial charge in [-0.15, -0.1) is 11.3 Å². The van der Waals surface area contributed by atoms with Gasteiger partial charge in [0.15, 0.2) is 0 Å². The normalized spacial score (nSPS) is 16.9. The van der Waals surface area contributed by atoms with E-state index in [0.29, 0.717) is 5.69 Å². The zero-order chi connectivity index (χ0) is 16.6. The smallest absolute Gasteiger partial charge is 0.273 e. The Balaban J connectivity index is 2.07. The van der Waals surface area contributed by atoms with Gasteiger partial charge in [0.2, 0.25) is 0 Å². The number of hydrogen-bond acceptors (Lipinski definition) is 4. The van der Waals surface area contributed by atoms with Crippen molar-refractivity contribution in [2.24, 2.45) is 0 Å². The second kappa shape index (κ2) is 5.81. The highest BCUT2D eigenvalue weighted by molar-refractivity contribution is 7.11. The lowest BCUT2D eigenvalue weighted by atomic mass is 10.1. The number of amides is 4. The predicted molar refractivity (Wildman–Crippen MR) is 89.2 cm³/mol. The molecule has 0 radical (unpaired) electrons. The third-order valence-electron chi connectivity index (χ3n) is 3.64. The van der Waals surface area contributed by atoms with Crippen LogP contribution in [0, 0.1) is 13.8 Å². The second-order valence-electron chi connectivity index (χ2n) is 5.21. The van der Waals surface area contributed by atoms with Gasteiger partial charge in [0.1, 0.15) is 5.57 Å². The molecule has 0 unspecified atom stereocenters. The third-order valence-corrected chi connectivity index (χ3v) is 4.60. The fraction of sp³-hybridized carbons (Fsp3) is 0.118. The molecule has 6 heteroatoms. The highest BCUT2D eigenvalue weighted by atomic mass is 32.1. The summed E-state index contributed by atoms with van der Waals surface area (Å²) >= 11 is 1.44. The number of imide groups is 2. The van der Waals surface area contributed by atoms with Crippen LogP contribution in [0.3, 0.4) is 0 Å². The van der Waals surface area contributed by atoms with Crippen molar-refractivity contribution < 1.29 is 14.4 Å². The number of thiophene rings is 1. The van der Waals surface area contributed by atoms with E-state index in [-0.39, 0.29) is 5.57 Å². The highest BCUT2D eigenvalue weighted by Crippen LogP contribution is 2.26. The summed E-state index contributed by atoms with van der Waals surface area (Å²) in [5, 5.41) is 4.12. The van der Waals surface area contributed by atoms with E-state index >= 15 is 0 Å². The van der Waals surface area contributed by atoms with E-state index in [0.717, 1.165) is 20.9 Å². The monoisotopic (exact) mass is 326 g/mol. The summed E-state index contributed by atoms with van der Waals surface area (Å²) in [4.78, 5) is 38.7. The Kier molecular flexibility index (Phi) is 3.83. The molecular formula is C17H14N2O3S. The maximum absolute atomic E-state index is 12.7. The largest absolute Gasteiger partial charge is 0.335 e. The molecule has 1 aliphatic heterocycles. The first-order valence-corrected chi connectivity index (χ1v) is 7.88. The van der Waals surface area contributed by atoms with E-state index in [1.807, 2.05) is 24.4 Å². The Morgan fingerprint density at radius 2 is 1.78 bits per heavy atom. The topological polar surface area (TPSA) is 66.5 Å². The average Bonchev–Trinajstić information content (AvgIpc) is 2.90. The standard InChI is InChI=1S/C17H14N2O3S/c1-10-5-3-4-6-13(10)19-16(21)12(15(20)18-17(19)22)9-14-11(2)7-8-23-14/h3-9H,1-2H3,(H,18,20,22)/b12-9+. The van der Waals surface area contributed by atoms with Crippen LogP contribution in [0.2, 0.25) is 0 Å². The predicted octanol–water partition coefficient (Wildman–Crippen LogP) is 3.03. The summed E-state index contributed by atoms with van der Waals surface area (Å²) in [6.45, 7) is 3.71. The molecule has 0 bridgehead atoms. The van der Waals surface area contributed by atoms with Crippen molar-refractivity contribution >= 4 is 40.9 Å². The molecular weight excluding hydrogens is 312 g/mol. The lowest BCUT2D eigenvalue weighted by Gasteiger charge is -2.27. The van der Waals surface area contributed by atoms with E-state index < -0.39 is 17.8 Å². The van der Waals surface area contributed by atoms with Gasteiger partial charge in [-0.2, -0.15) is 0 Å². The number of carbonyl (C=O) groups excluding carboxylic acids is 3. The summed E-state index contributed by atoms with van der Waals surface area (Å²) in [6.07, 6.45) is 1.54. The number of rotatable bonds is 2. The SMILES string of the molecule is Cc1ccccc1N1C(=O)NC(=O)/C(=C\c2sccc2C)C1=O. The molecule has 1 aromatic heterocycles. The van der Waals surface area contributed by atoms with Crippen LogP contribution in [0.5, 0.6) is 0 Å². The van der Waals surface area contributed by atoms with Crippen LogP contribution in [0.4, 0.5) is 10.5 Å². The Morgan fingerprint density at radius 1 is 1.04 bits per heavy atom. The summed E-state index contributed by atoms with van der Waals surface area (Å²) < 4.78 is 0. The molecule has 4 amide bonds. The summed E-state index contributed by atoms with van der Waals surface area (Å²) in [5.41, 5.74) is 2.18. The van der Waals surface area contributed by atoms with Crippen LogP contribution in [0.15, 0.2) is 41.3 Å². The molecule has 23 heavy (non-hydrogen) atoms. The molecule has 1 fully saturated rings. The number of para-hydroxylation sites is 1. The van der Waals surface area contributed by atoms with Crippen molar-refractivity contribution in [2.45, 2.75) is 13.8 Å². The van der Waals surface area contributed by atoms with Crippen LogP contribution >= 0.6 is 11.3 Å². The van der Waals surface area contributed by atoms with Crippen LogP contribution in [0.1, 0.15) is 16.0 Å². The van der Waals surface area contributed by atoms with Crippen molar-refractivity contribution in [3.63, 3.8) is 0 Å². The molecule has 1 saturated heterocycles. The minimum Gasteiger partial charge on any atom is -0.273 e. The van der Waals surface area contributed by atoms with Gasteiger partial charge < -0.3 is 0 Å². The number of anilines is 1. The van der Waals surface area contributed by atoms with Crippen molar-refractivity contribution in [3.8, 4) is 0 Å². The van der Waals surface area contributed by atoms with Gasteiger partial charge in [0.25, 0.3) is 11.8 Å². The molecule has 0 aliphatic carbocycles. The Bertz CT molecular complexity index is 851. The zero-order valence-electron chi connectivity index (χ0n) is 12.6. The number of nitrogens with zero attached hydrogens (tertiary/aromatic N) is 1. The fourth-order valence-electron chi connectivity index (χ4n) is 2.35. The molecule has 0 atom stereocenters. The third kappa shape index (κ3) is 2.68. The van der Waals surface area contributed by atoms with E-state index in [9.17, 15) is 14.4 Å². The quantitative estimate of drug-likeness (QED) is 0.681. The number of urea groups is 1. The molecule has 2 aromatic rings. The van der Waals surface area contributed by atoms with Gasteiger partial charge in [0.05, 0.1) is 5.69 Å². The number of barbiturate groups is 1. The number of hydrogen-bond donors (Lipinski definition) is 1. The van der Waals surface area contributed by atoms with E-state index in [4.69, 9.17) is 0 Å². The van der Waals surface area contributed by atoms with E-state index in [1.54, 1.807) is 25.1 Å². The van der Waals surface area contributed by atoms with Crippen molar-refractivity contribution in [1.82, 2.24) is 5.32 Å². The molecule has 1 aromatic carbocycles. The van der Waals surface area contributed by atoms with Gasteiger partial charge in [-0.05, 0) is 48.6 Å². The maximum Gasteiger partial charge on any atom is 0.335 e. The lowest BCUT2D eigenvalue weighted by Crippen LogP contribution is -2.54. The van der Waals surface area contributed by atoms with Crippen molar-refractivity contribution in [3.05, 3.63) is 57.3 Å². The van der Waals surface area contributed by atoms with Crippen LogP contribution in [-0.2, 0) is 9.59 Å². The van der Waals surface area contributed by atoms with Crippen molar-refractivity contribution in [1.29, 1.82) is 0 Å². The van der Waals surface area contributed by atoms with E-state index in [2.05, 4.69) is 5.32 Å². The first kappa shape index (κ1) is 15.2.